The molecular weight excluding hydrogens is 413 g/mol. The molecule has 0 unspecified atom stereocenters. The highest BCUT2D eigenvalue weighted by Gasteiger charge is 2.20. The van der Waals surface area contributed by atoms with E-state index in [1.165, 1.54) is 0 Å². The molecule has 0 aromatic heterocycles. The van der Waals surface area contributed by atoms with Gasteiger partial charge in [-0.25, -0.2) is 0 Å². The zero-order valence-electron chi connectivity index (χ0n) is 16.6. The van der Waals surface area contributed by atoms with Gasteiger partial charge in [-0.05, 0) is 30.3 Å². The summed E-state index contributed by atoms with van der Waals surface area (Å²) in [6.07, 6.45) is 0. The maximum atomic E-state index is 12.4. The molecule has 2 aromatic rings. The van der Waals surface area contributed by atoms with Crippen LogP contribution in [0.3, 0.4) is 0 Å². The van der Waals surface area contributed by atoms with E-state index < -0.39 is 0 Å². The lowest BCUT2D eigenvalue weighted by molar-refractivity contribution is -0.117. The number of nitrogens with one attached hydrogen (secondary N) is 1. The molecule has 1 saturated heterocycles. The third-order valence-electron chi connectivity index (χ3n) is 4.94. The van der Waals surface area contributed by atoms with Gasteiger partial charge in [-0.2, -0.15) is 0 Å². The smallest absolute Gasteiger partial charge is 0.238 e. The van der Waals surface area contributed by atoms with Gasteiger partial charge in [-0.15, -0.1) is 0 Å². The SMILES string of the molecule is COc1ccc(OC)c(CN2CCN(CC(=O)Nc3cccc(Cl)c3Cl)CC2)c1. The summed E-state index contributed by atoms with van der Waals surface area (Å²) < 4.78 is 10.8. The number of hydrogen-bond donors (Lipinski definition) is 1. The van der Waals surface area contributed by atoms with Crippen molar-refractivity contribution in [2.24, 2.45) is 0 Å². The molecule has 1 amide bonds. The number of ether oxygens (including phenoxy) is 2. The third kappa shape index (κ3) is 5.76. The van der Waals surface area contributed by atoms with E-state index in [2.05, 4.69) is 15.1 Å². The van der Waals surface area contributed by atoms with Crippen LogP contribution >= 0.6 is 23.2 Å². The van der Waals surface area contributed by atoms with Crippen molar-refractivity contribution in [2.75, 3.05) is 52.3 Å². The number of amides is 1. The molecule has 1 aliphatic heterocycles. The Balaban J connectivity index is 1.50. The van der Waals surface area contributed by atoms with Gasteiger partial charge in [0.15, 0.2) is 0 Å². The monoisotopic (exact) mass is 437 g/mol. The first-order chi connectivity index (χ1) is 14.0. The summed E-state index contributed by atoms with van der Waals surface area (Å²) in [6, 6.07) is 11.0. The largest absolute Gasteiger partial charge is 0.497 e. The number of piperazine rings is 1. The fourth-order valence-corrected chi connectivity index (χ4v) is 3.69. The van der Waals surface area contributed by atoms with E-state index in [4.69, 9.17) is 32.7 Å². The number of halogens is 2. The van der Waals surface area contributed by atoms with Gasteiger partial charge in [0, 0.05) is 38.3 Å². The van der Waals surface area contributed by atoms with E-state index in [9.17, 15) is 4.79 Å². The van der Waals surface area contributed by atoms with Gasteiger partial charge in [0.25, 0.3) is 0 Å². The van der Waals surface area contributed by atoms with E-state index >= 15 is 0 Å². The van der Waals surface area contributed by atoms with Crippen molar-refractivity contribution in [3.8, 4) is 11.5 Å². The minimum absolute atomic E-state index is 0.0999. The lowest BCUT2D eigenvalue weighted by Crippen LogP contribution is -2.48. The first-order valence-electron chi connectivity index (χ1n) is 9.39. The number of nitrogens with zero attached hydrogens (tertiary/aromatic N) is 2. The maximum absolute atomic E-state index is 12.4. The number of hydrogen-bond acceptors (Lipinski definition) is 5. The van der Waals surface area contributed by atoms with Gasteiger partial charge in [-0.1, -0.05) is 29.3 Å². The Hall–Kier alpha value is -1.99. The molecule has 0 atom stereocenters. The molecule has 3 rings (SSSR count). The van der Waals surface area contributed by atoms with Crippen LogP contribution in [0.15, 0.2) is 36.4 Å². The molecule has 1 fully saturated rings. The van der Waals surface area contributed by atoms with Crippen molar-refractivity contribution in [3.63, 3.8) is 0 Å². The number of rotatable bonds is 7. The molecule has 1 aliphatic rings. The molecular formula is C21H25Cl2N3O3. The molecule has 6 nitrogen and oxygen atoms in total. The second-order valence-corrected chi connectivity index (χ2v) is 7.66. The van der Waals surface area contributed by atoms with Gasteiger partial charge in [0.05, 0.1) is 36.5 Å². The standard InChI is InChI=1S/C21H25Cl2N3O3/c1-28-16-6-7-19(29-2)15(12-16)13-25-8-10-26(11-9-25)14-20(27)24-18-5-3-4-17(22)21(18)23/h3-7,12H,8-11,13-14H2,1-2H3,(H,24,27). The predicted octanol–water partition coefficient (Wildman–Crippen LogP) is 3.77. The first kappa shape index (κ1) is 21.7. The first-order valence-corrected chi connectivity index (χ1v) is 10.1. The molecule has 0 saturated carbocycles. The number of anilines is 1. The summed E-state index contributed by atoms with van der Waals surface area (Å²) in [7, 11) is 3.33. The quantitative estimate of drug-likeness (QED) is 0.714. The van der Waals surface area contributed by atoms with Crippen LogP contribution in [0.25, 0.3) is 0 Å². The van der Waals surface area contributed by atoms with E-state index in [0.717, 1.165) is 49.8 Å². The maximum Gasteiger partial charge on any atom is 0.238 e. The lowest BCUT2D eigenvalue weighted by Gasteiger charge is -2.34. The fraction of sp³-hybridized carbons (Fsp3) is 0.381. The molecule has 156 valence electrons. The highest BCUT2D eigenvalue weighted by Crippen LogP contribution is 2.29. The average Bonchev–Trinajstić information content (AvgIpc) is 2.72. The van der Waals surface area contributed by atoms with Gasteiger partial charge in [0.2, 0.25) is 5.91 Å². The second-order valence-electron chi connectivity index (χ2n) is 6.88. The lowest BCUT2D eigenvalue weighted by atomic mass is 10.1. The van der Waals surface area contributed by atoms with Crippen LogP contribution in [-0.2, 0) is 11.3 Å². The Labute approximate surface area is 181 Å². The van der Waals surface area contributed by atoms with Crippen LogP contribution in [0.1, 0.15) is 5.56 Å². The van der Waals surface area contributed by atoms with Crippen LogP contribution in [-0.4, -0.2) is 62.7 Å². The van der Waals surface area contributed by atoms with Crippen molar-refractivity contribution >= 4 is 34.8 Å². The molecule has 1 N–H and O–H groups in total. The molecule has 0 aliphatic carbocycles. The summed E-state index contributed by atoms with van der Waals surface area (Å²) in [5.41, 5.74) is 1.63. The van der Waals surface area contributed by atoms with E-state index in [1.807, 2.05) is 18.2 Å². The highest BCUT2D eigenvalue weighted by molar-refractivity contribution is 6.44. The Bertz CT molecular complexity index is 855. The number of methoxy groups -OCH3 is 2. The summed E-state index contributed by atoms with van der Waals surface area (Å²) >= 11 is 12.1. The van der Waals surface area contributed by atoms with E-state index in [1.54, 1.807) is 32.4 Å². The molecule has 29 heavy (non-hydrogen) atoms. The Kier molecular flexibility index (Phi) is 7.61. The van der Waals surface area contributed by atoms with E-state index in [0.29, 0.717) is 22.3 Å². The molecule has 0 radical (unpaired) electrons. The van der Waals surface area contributed by atoms with Crippen LogP contribution in [0.4, 0.5) is 5.69 Å². The Morgan fingerprint density at radius 1 is 1.03 bits per heavy atom. The zero-order valence-corrected chi connectivity index (χ0v) is 18.1. The molecule has 8 heteroatoms. The third-order valence-corrected chi connectivity index (χ3v) is 5.76. The molecule has 0 bridgehead atoms. The fourth-order valence-electron chi connectivity index (χ4n) is 3.35. The van der Waals surface area contributed by atoms with Crippen LogP contribution < -0.4 is 14.8 Å². The average molecular weight is 438 g/mol. The summed E-state index contributed by atoms with van der Waals surface area (Å²) in [4.78, 5) is 16.9. The predicted molar refractivity (Wildman–Crippen MR) is 116 cm³/mol. The summed E-state index contributed by atoms with van der Waals surface area (Å²) in [6.45, 7) is 4.45. The molecule has 2 aromatic carbocycles. The number of carbonyl (C=O) groups excluding carboxylic acids is 1. The van der Waals surface area contributed by atoms with Crippen LogP contribution in [0, 0.1) is 0 Å². The normalized spacial score (nSPS) is 15.2. The Morgan fingerprint density at radius 2 is 1.76 bits per heavy atom. The van der Waals surface area contributed by atoms with Gasteiger partial charge < -0.3 is 14.8 Å². The van der Waals surface area contributed by atoms with Gasteiger partial charge in [-0.3, -0.25) is 14.6 Å². The van der Waals surface area contributed by atoms with Crippen molar-refractivity contribution < 1.29 is 14.3 Å². The summed E-state index contributed by atoms with van der Waals surface area (Å²) in [5.74, 6) is 1.57. The zero-order chi connectivity index (χ0) is 20.8. The van der Waals surface area contributed by atoms with Crippen molar-refractivity contribution in [2.45, 2.75) is 6.54 Å². The van der Waals surface area contributed by atoms with Crippen LogP contribution in [0.5, 0.6) is 11.5 Å². The van der Waals surface area contributed by atoms with Crippen molar-refractivity contribution in [1.29, 1.82) is 0 Å². The van der Waals surface area contributed by atoms with Crippen molar-refractivity contribution in [1.82, 2.24) is 9.80 Å². The number of benzene rings is 2. The highest BCUT2D eigenvalue weighted by atomic mass is 35.5. The molecule has 0 spiro atoms. The van der Waals surface area contributed by atoms with Crippen LogP contribution in [0.2, 0.25) is 10.0 Å². The van der Waals surface area contributed by atoms with Gasteiger partial charge >= 0.3 is 0 Å². The topological polar surface area (TPSA) is 54.0 Å². The van der Waals surface area contributed by atoms with E-state index in [-0.39, 0.29) is 5.91 Å². The van der Waals surface area contributed by atoms with Crippen molar-refractivity contribution in [3.05, 3.63) is 52.0 Å². The number of carbonyl (C=O) groups is 1. The summed E-state index contributed by atoms with van der Waals surface area (Å²) in [5, 5.41) is 3.62. The Morgan fingerprint density at radius 3 is 2.45 bits per heavy atom. The van der Waals surface area contributed by atoms with Gasteiger partial charge in [0.1, 0.15) is 11.5 Å². The minimum atomic E-state index is -0.0999. The second kappa shape index (κ2) is 10.2. The minimum Gasteiger partial charge on any atom is -0.497 e. The molecule has 1 heterocycles.